The monoisotopic (exact) mass is 286 g/mol. The third-order valence-electron chi connectivity index (χ3n) is 3.97. The highest BCUT2D eigenvalue weighted by Gasteiger charge is 2.27. The van der Waals surface area contributed by atoms with Gasteiger partial charge in [-0.25, -0.2) is 0 Å². The summed E-state index contributed by atoms with van der Waals surface area (Å²) < 4.78 is 10.5. The SMILES string of the molecule is COCCOCCCCN1CCCNC(C(C)(C)C)C1. The predicted molar refractivity (Wildman–Crippen MR) is 84.2 cm³/mol. The molecule has 4 heteroatoms. The Hall–Kier alpha value is -0.160. The lowest BCUT2D eigenvalue weighted by Gasteiger charge is -2.33. The highest BCUT2D eigenvalue weighted by atomic mass is 16.5. The minimum atomic E-state index is 0.339. The number of nitrogens with one attached hydrogen (secondary N) is 1. The van der Waals surface area contributed by atoms with E-state index in [1.54, 1.807) is 7.11 Å². The number of ether oxygens (including phenoxy) is 2. The largest absolute Gasteiger partial charge is 0.382 e. The number of hydrogen-bond donors (Lipinski definition) is 1. The number of nitrogens with zero attached hydrogens (tertiary/aromatic N) is 1. The molecule has 1 rings (SSSR count). The van der Waals surface area contributed by atoms with Crippen molar-refractivity contribution in [3.8, 4) is 0 Å². The summed E-state index contributed by atoms with van der Waals surface area (Å²) in [6, 6.07) is 0.600. The molecule has 120 valence electrons. The highest BCUT2D eigenvalue weighted by Crippen LogP contribution is 2.21. The first kappa shape index (κ1) is 17.9. The maximum Gasteiger partial charge on any atom is 0.0700 e. The van der Waals surface area contributed by atoms with Crippen molar-refractivity contribution in [2.24, 2.45) is 5.41 Å². The fourth-order valence-electron chi connectivity index (χ4n) is 2.56. The van der Waals surface area contributed by atoms with Crippen LogP contribution in [0.5, 0.6) is 0 Å². The summed E-state index contributed by atoms with van der Waals surface area (Å²) >= 11 is 0. The molecule has 1 aliphatic heterocycles. The molecule has 0 spiro atoms. The van der Waals surface area contributed by atoms with Crippen LogP contribution in [0.25, 0.3) is 0 Å². The van der Waals surface area contributed by atoms with E-state index in [1.165, 1.54) is 32.5 Å². The average Bonchev–Trinajstić information content (AvgIpc) is 2.63. The Bertz CT molecular complexity index is 241. The minimum absolute atomic E-state index is 0.339. The van der Waals surface area contributed by atoms with Gasteiger partial charge in [0, 0.05) is 26.3 Å². The molecule has 1 fully saturated rings. The summed E-state index contributed by atoms with van der Waals surface area (Å²) in [5, 5.41) is 3.70. The second kappa shape index (κ2) is 9.72. The second-order valence-corrected chi connectivity index (χ2v) is 6.84. The lowest BCUT2D eigenvalue weighted by molar-refractivity contribution is 0.0674. The van der Waals surface area contributed by atoms with E-state index >= 15 is 0 Å². The first-order valence-corrected chi connectivity index (χ1v) is 8.06. The van der Waals surface area contributed by atoms with Crippen LogP contribution >= 0.6 is 0 Å². The molecule has 1 aliphatic rings. The Labute approximate surface area is 125 Å². The molecule has 0 aromatic heterocycles. The zero-order valence-corrected chi connectivity index (χ0v) is 13.9. The summed E-state index contributed by atoms with van der Waals surface area (Å²) in [6.07, 6.45) is 3.63. The first-order chi connectivity index (χ1) is 9.54. The Morgan fingerprint density at radius 2 is 1.95 bits per heavy atom. The molecule has 4 nitrogen and oxygen atoms in total. The van der Waals surface area contributed by atoms with E-state index in [9.17, 15) is 0 Å². The Kier molecular flexibility index (Phi) is 8.69. The van der Waals surface area contributed by atoms with E-state index in [0.717, 1.165) is 26.2 Å². The number of hydrogen-bond acceptors (Lipinski definition) is 4. The molecule has 0 aromatic rings. The van der Waals surface area contributed by atoms with Gasteiger partial charge in [0.1, 0.15) is 0 Å². The number of unbranched alkanes of at least 4 members (excludes halogenated alkanes) is 1. The van der Waals surface area contributed by atoms with Crippen molar-refractivity contribution in [2.45, 2.75) is 46.1 Å². The molecule has 1 heterocycles. The van der Waals surface area contributed by atoms with Gasteiger partial charge in [-0.3, -0.25) is 0 Å². The van der Waals surface area contributed by atoms with Crippen LogP contribution in [0, 0.1) is 5.41 Å². The van der Waals surface area contributed by atoms with E-state index in [2.05, 4.69) is 31.0 Å². The molecule has 0 amide bonds. The predicted octanol–water partition coefficient (Wildman–Crippen LogP) is 2.14. The fraction of sp³-hybridized carbons (Fsp3) is 1.00. The summed E-state index contributed by atoms with van der Waals surface area (Å²) in [5.41, 5.74) is 0.339. The molecular weight excluding hydrogens is 252 g/mol. The van der Waals surface area contributed by atoms with Crippen molar-refractivity contribution < 1.29 is 9.47 Å². The van der Waals surface area contributed by atoms with Gasteiger partial charge in [-0.15, -0.1) is 0 Å². The maximum atomic E-state index is 5.51. The van der Waals surface area contributed by atoms with E-state index in [0.29, 0.717) is 18.1 Å². The Balaban J connectivity index is 2.15. The summed E-state index contributed by atoms with van der Waals surface area (Å²) in [6.45, 7) is 14.0. The maximum absolute atomic E-state index is 5.51. The van der Waals surface area contributed by atoms with Crippen LogP contribution in [0.4, 0.5) is 0 Å². The zero-order chi connectivity index (χ0) is 14.8. The molecule has 20 heavy (non-hydrogen) atoms. The second-order valence-electron chi connectivity index (χ2n) is 6.84. The minimum Gasteiger partial charge on any atom is -0.382 e. The van der Waals surface area contributed by atoms with E-state index in [-0.39, 0.29) is 0 Å². The van der Waals surface area contributed by atoms with Crippen LogP contribution < -0.4 is 5.32 Å². The molecule has 0 bridgehead atoms. The third-order valence-corrected chi connectivity index (χ3v) is 3.97. The van der Waals surface area contributed by atoms with Crippen molar-refractivity contribution in [1.82, 2.24) is 10.2 Å². The molecule has 0 aromatic carbocycles. The summed E-state index contributed by atoms with van der Waals surface area (Å²) in [7, 11) is 1.71. The van der Waals surface area contributed by atoms with E-state index in [4.69, 9.17) is 9.47 Å². The summed E-state index contributed by atoms with van der Waals surface area (Å²) in [4.78, 5) is 2.62. The molecular formula is C16H34N2O2. The van der Waals surface area contributed by atoms with Crippen LogP contribution in [0.1, 0.15) is 40.0 Å². The molecule has 0 aliphatic carbocycles. The van der Waals surface area contributed by atoms with Gasteiger partial charge < -0.3 is 19.7 Å². The lowest BCUT2D eigenvalue weighted by Crippen LogP contribution is -2.46. The van der Waals surface area contributed by atoms with Crippen LogP contribution in [0.3, 0.4) is 0 Å². The summed E-state index contributed by atoms with van der Waals surface area (Å²) in [5.74, 6) is 0. The molecule has 1 atom stereocenters. The molecule has 0 saturated carbocycles. The van der Waals surface area contributed by atoms with Gasteiger partial charge in [-0.1, -0.05) is 20.8 Å². The zero-order valence-electron chi connectivity index (χ0n) is 13.9. The van der Waals surface area contributed by atoms with Crippen LogP contribution in [0.15, 0.2) is 0 Å². The number of rotatable bonds is 8. The van der Waals surface area contributed by atoms with Gasteiger partial charge in [-0.2, -0.15) is 0 Å². The standard InChI is InChI=1S/C16H34N2O2/c1-16(2,3)15-14-18(10-7-8-17-15)9-5-6-11-20-13-12-19-4/h15,17H,5-14H2,1-4H3. The van der Waals surface area contributed by atoms with Crippen molar-refractivity contribution in [2.75, 3.05) is 53.1 Å². The van der Waals surface area contributed by atoms with Gasteiger partial charge in [0.15, 0.2) is 0 Å². The van der Waals surface area contributed by atoms with Gasteiger partial charge in [0.25, 0.3) is 0 Å². The molecule has 1 unspecified atom stereocenters. The highest BCUT2D eigenvalue weighted by molar-refractivity contribution is 4.85. The Morgan fingerprint density at radius 1 is 1.15 bits per heavy atom. The normalized spacial score (nSPS) is 21.9. The molecule has 0 radical (unpaired) electrons. The number of methoxy groups -OCH3 is 1. The van der Waals surface area contributed by atoms with Gasteiger partial charge in [-0.05, 0) is 44.3 Å². The van der Waals surface area contributed by atoms with Gasteiger partial charge >= 0.3 is 0 Å². The topological polar surface area (TPSA) is 33.7 Å². The van der Waals surface area contributed by atoms with Crippen LogP contribution in [0.2, 0.25) is 0 Å². The fourth-order valence-corrected chi connectivity index (χ4v) is 2.56. The average molecular weight is 286 g/mol. The third kappa shape index (κ3) is 7.58. The van der Waals surface area contributed by atoms with Gasteiger partial charge in [0.2, 0.25) is 0 Å². The van der Waals surface area contributed by atoms with Gasteiger partial charge in [0.05, 0.1) is 13.2 Å². The van der Waals surface area contributed by atoms with Crippen LogP contribution in [-0.2, 0) is 9.47 Å². The Morgan fingerprint density at radius 3 is 2.65 bits per heavy atom. The van der Waals surface area contributed by atoms with E-state index in [1.807, 2.05) is 0 Å². The van der Waals surface area contributed by atoms with Crippen LogP contribution in [-0.4, -0.2) is 64.1 Å². The smallest absolute Gasteiger partial charge is 0.0700 e. The van der Waals surface area contributed by atoms with E-state index < -0.39 is 0 Å². The first-order valence-electron chi connectivity index (χ1n) is 8.06. The molecule has 1 N–H and O–H groups in total. The van der Waals surface area contributed by atoms with Crippen molar-refractivity contribution in [1.29, 1.82) is 0 Å². The quantitative estimate of drug-likeness (QED) is 0.693. The lowest BCUT2D eigenvalue weighted by atomic mass is 9.86. The van der Waals surface area contributed by atoms with Crippen molar-refractivity contribution in [3.63, 3.8) is 0 Å². The van der Waals surface area contributed by atoms with Crippen molar-refractivity contribution in [3.05, 3.63) is 0 Å². The molecule has 1 saturated heterocycles. The van der Waals surface area contributed by atoms with Crippen molar-refractivity contribution >= 4 is 0 Å².